The summed E-state index contributed by atoms with van der Waals surface area (Å²) >= 11 is 0. The number of nitrogens with zero attached hydrogens (tertiary/aromatic N) is 2. The molecular formula is C20H18N4O5. The van der Waals surface area contributed by atoms with E-state index < -0.39 is 23.9 Å². The van der Waals surface area contributed by atoms with Gasteiger partial charge < -0.3 is 20.3 Å². The quantitative estimate of drug-likeness (QED) is 0.550. The topological polar surface area (TPSA) is 132 Å². The molecule has 2 aromatic carbocycles. The Hall–Kier alpha value is -3.85. The van der Waals surface area contributed by atoms with E-state index in [-0.39, 0.29) is 12.2 Å². The first-order valence-electron chi connectivity index (χ1n) is 8.67. The van der Waals surface area contributed by atoms with Crippen LogP contribution >= 0.6 is 0 Å². The van der Waals surface area contributed by atoms with Crippen molar-refractivity contribution < 1.29 is 14.7 Å². The van der Waals surface area contributed by atoms with Crippen LogP contribution in [0.5, 0.6) is 0 Å². The van der Waals surface area contributed by atoms with Crippen LogP contribution in [0.1, 0.15) is 15.9 Å². The van der Waals surface area contributed by atoms with Gasteiger partial charge in [0.2, 0.25) is 5.91 Å². The highest BCUT2D eigenvalue weighted by molar-refractivity contribution is 6.09. The third-order valence-electron chi connectivity index (χ3n) is 4.41. The number of nitrogens with one attached hydrogen (secondary N) is 2. The molecule has 0 aliphatic heterocycles. The first-order valence-corrected chi connectivity index (χ1v) is 8.67. The molecule has 3 aromatic rings. The van der Waals surface area contributed by atoms with E-state index in [0.717, 1.165) is 0 Å². The number of benzene rings is 2. The van der Waals surface area contributed by atoms with E-state index in [1.165, 1.54) is 18.0 Å². The summed E-state index contributed by atoms with van der Waals surface area (Å²) in [6.45, 7) is -0.658. The summed E-state index contributed by atoms with van der Waals surface area (Å²) < 4.78 is 0. The number of amides is 2. The van der Waals surface area contributed by atoms with Gasteiger partial charge in [0.1, 0.15) is 5.56 Å². The predicted octanol–water partition coefficient (Wildman–Crippen LogP) is 2.00. The first kappa shape index (κ1) is 19.9. The Balaban J connectivity index is 2.00. The molecule has 0 saturated heterocycles. The Morgan fingerprint density at radius 1 is 1.17 bits per heavy atom. The summed E-state index contributed by atoms with van der Waals surface area (Å²) in [5.74, 6) is -1.15. The van der Waals surface area contributed by atoms with E-state index in [1.807, 2.05) is 0 Å². The fourth-order valence-electron chi connectivity index (χ4n) is 2.87. The van der Waals surface area contributed by atoms with Gasteiger partial charge >= 0.3 is 0 Å². The van der Waals surface area contributed by atoms with E-state index in [9.17, 15) is 19.3 Å². The van der Waals surface area contributed by atoms with E-state index in [4.69, 9.17) is 5.11 Å². The van der Waals surface area contributed by atoms with Crippen LogP contribution in [0.3, 0.4) is 0 Å². The second kappa shape index (κ2) is 8.44. The van der Waals surface area contributed by atoms with Gasteiger partial charge in [0.05, 0.1) is 17.8 Å². The van der Waals surface area contributed by atoms with Crippen molar-refractivity contribution in [1.29, 1.82) is 0 Å². The summed E-state index contributed by atoms with van der Waals surface area (Å²) in [7, 11) is 1.53. The van der Waals surface area contributed by atoms with Crippen LogP contribution in [0.15, 0.2) is 58.5 Å². The zero-order chi connectivity index (χ0) is 21.0. The average molecular weight is 394 g/mol. The molecule has 148 valence electrons. The molecule has 0 saturated carbocycles. The molecule has 1 aromatic heterocycles. The number of aromatic amines is 1. The van der Waals surface area contributed by atoms with Gasteiger partial charge in [0.25, 0.3) is 11.5 Å². The van der Waals surface area contributed by atoms with Gasteiger partial charge in [-0.3, -0.25) is 14.4 Å². The number of carbonyl (C=O) groups excluding carboxylic acids is 2. The minimum atomic E-state index is -0.604. The van der Waals surface area contributed by atoms with Crippen LogP contribution in [0.25, 0.3) is 10.9 Å². The summed E-state index contributed by atoms with van der Waals surface area (Å²) in [4.78, 5) is 51.3. The Labute approximate surface area is 164 Å². The summed E-state index contributed by atoms with van der Waals surface area (Å²) in [6.07, 6.45) is 0. The number of hydrogen-bond donors (Lipinski definition) is 3. The van der Waals surface area contributed by atoms with Crippen molar-refractivity contribution in [2.24, 2.45) is 5.18 Å². The monoisotopic (exact) mass is 394 g/mol. The Morgan fingerprint density at radius 3 is 2.55 bits per heavy atom. The van der Waals surface area contributed by atoms with Crippen molar-refractivity contribution in [3.8, 4) is 0 Å². The molecule has 3 N–H and O–H groups in total. The Morgan fingerprint density at radius 2 is 1.90 bits per heavy atom. The molecule has 0 radical (unpaired) electrons. The van der Waals surface area contributed by atoms with Gasteiger partial charge in [-0.1, -0.05) is 23.4 Å². The molecule has 0 unspecified atom stereocenters. The zero-order valence-electron chi connectivity index (χ0n) is 15.5. The maximum absolute atomic E-state index is 12.9. The number of aliphatic hydroxyl groups is 1. The predicted molar refractivity (Wildman–Crippen MR) is 109 cm³/mol. The number of pyridine rings is 1. The number of carbonyl (C=O) groups is 2. The van der Waals surface area contributed by atoms with E-state index >= 15 is 0 Å². The highest BCUT2D eigenvalue weighted by atomic mass is 16.3. The molecule has 0 atom stereocenters. The SMILES string of the molecule is CN(C(=O)c1cc2c(NC(=O)CN=O)cccc2[nH]c1=O)c1ccc(CO)cc1. The molecule has 0 aliphatic carbocycles. The van der Waals surface area contributed by atoms with Crippen molar-refractivity contribution >= 4 is 34.1 Å². The normalized spacial score (nSPS) is 10.6. The third-order valence-corrected chi connectivity index (χ3v) is 4.41. The van der Waals surface area contributed by atoms with Crippen LogP contribution in [0.4, 0.5) is 11.4 Å². The highest BCUT2D eigenvalue weighted by Gasteiger charge is 2.19. The van der Waals surface area contributed by atoms with Gasteiger partial charge in [-0.15, -0.1) is 0 Å². The van der Waals surface area contributed by atoms with Crippen molar-refractivity contribution in [3.63, 3.8) is 0 Å². The van der Waals surface area contributed by atoms with Crippen LogP contribution in [0.2, 0.25) is 0 Å². The van der Waals surface area contributed by atoms with E-state index in [0.29, 0.717) is 27.8 Å². The van der Waals surface area contributed by atoms with Crippen molar-refractivity contribution in [3.05, 3.63) is 74.9 Å². The van der Waals surface area contributed by atoms with Crippen molar-refractivity contribution in [2.75, 3.05) is 23.8 Å². The number of aromatic nitrogens is 1. The maximum atomic E-state index is 12.9. The standard InChI is InChI=1S/C20H18N4O5/c1-24(13-7-5-12(11-25)6-8-13)20(28)15-9-14-16(22-18(26)10-21-29)3-2-4-17(14)23-19(15)27/h2-9,25H,10-11H2,1H3,(H,22,26)(H,23,27). The fourth-order valence-corrected chi connectivity index (χ4v) is 2.87. The molecular weight excluding hydrogens is 376 g/mol. The lowest BCUT2D eigenvalue weighted by Gasteiger charge is -2.18. The summed E-state index contributed by atoms with van der Waals surface area (Å²) in [6, 6.07) is 12.9. The van der Waals surface area contributed by atoms with Crippen molar-refractivity contribution in [2.45, 2.75) is 6.61 Å². The summed E-state index contributed by atoms with van der Waals surface area (Å²) in [5.41, 5.74) is 1.34. The number of H-pyrrole nitrogens is 1. The molecule has 0 aliphatic rings. The first-order chi connectivity index (χ1) is 13.9. The molecule has 9 heteroatoms. The largest absolute Gasteiger partial charge is 0.392 e. The van der Waals surface area contributed by atoms with Crippen LogP contribution in [-0.2, 0) is 11.4 Å². The number of anilines is 2. The molecule has 3 rings (SSSR count). The second-order valence-corrected chi connectivity index (χ2v) is 6.30. The smallest absolute Gasteiger partial charge is 0.263 e. The van der Waals surface area contributed by atoms with Gasteiger partial charge in [0.15, 0.2) is 6.54 Å². The number of hydrogen-bond acceptors (Lipinski definition) is 6. The number of aliphatic hydroxyl groups excluding tert-OH is 1. The third kappa shape index (κ3) is 4.19. The number of rotatable bonds is 6. The minimum absolute atomic E-state index is 0.110. The van der Waals surface area contributed by atoms with Gasteiger partial charge in [-0.2, -0.15) is 4.91 Å². The molecule has 2 amide bonds. The van der Waals surface area contributed by atoms with E-state index in [1.54, 1.807) is 42.5 Å². The zero-order valence-corrected chi connectivity index (χ0v) is 15.5. The minimum Gasteiger partial charge on any atom is -0.392 e. The molecule has 9 nitrogen and oxygen atoms in total. The molecule has 29 heavy (non-hydrogen) atoms. The van der Waals surface area contributed by atoms with E-state index in [2.05, 4.69) is 15.5 Å². The van der Waals surface area contributed by atoms with Crippen LogP contribution in [-0.4, -0.2) is 35.5 Å². The average Bonchev–Trinajstić information content (AvgIpc) is 2.72. The summed E-state index contributed by atoms with van der Waals surface area (Å²) in [5, 5.41) is 14.7. The fraction of sp³-hybridized carbons (Fsp3) is 0.150. The van der Waals surface area contributed by atoms with Crippen LogP contribution < -0.4 is 15.8 Å². The molecule has 0 spiro atoms. The number of nitroso groups, excluding NO2 is 1. The van der Waals surface area contributed by atoms with Gasteiger partial charge in [-0.25, -0.2) is 0 Å². The lowest BCUT2D eigenvalue weighted by Crippen LogP contribution is -2.31. The van der Waals surface area contributed by atoms with Gasteiger partial charge in [0, 0.05) is 18.1 Å². The Kier molecular flexibility index (Phi) is 5.79. The lowest BCUT2D eigenvalue weighted by molar-refractivity contribution is -0.114. The molecule has 0 fully saturated rings. The van der Waals surface area contributed by atoms with Crippen LogP contribution in [0, 0.1) is 4.91 Å². The highest BCUT2D eigenvalue weighted by Crippen LogP contribution is 2.23. The number of fused-ring (bicyclic) bond motifs is 1. The molecule has 1 heterocycles. The maximum Gasteiger partial charge on any atom is 0.263 e. The molecule has 0 bridgehead atoms. The second-order valence-electron chi connectivity index (χ2n) is 6.30. The van der Waals surface area contributed by atoms with Crippen molar-refractivity contribution in [1.82, 2.24) is 4.98 Å². The Bertz CT molecular complexity index is 1140. The lowest BCUT2D eigenvalue weighted by atomic mass is 10.1. The van der Waals surface area contributed by atoms with Gasteiger partial charge in [-0.05, 0) is 35.9 Å².